The summed E-state index contributed by atoms with van der Waals surface area (Å²) in [5.41, 5.74) is 0.289. The Morgan fingerprint density at radius 2 is 1.61 bits per heavy atom. The number of amides is 2. The molecule has 0 spiro atoms. The van der Waals surface area contributed by atoms with Gasteiger partial charge in [0.1, 0.15) is 41.9 Å². The van der Waals surface area contributed by atoms with Crippen LogP contribution < -0.4 is 29.6 Å². The van der Waals surface area contributed by atoms with Crippen molar-refractivity contribution in [1.29, 1.82) is 0 Å². The number of halogens is 1. The van der Waals surface area contributed by atoms with Gasteiger partial charge in [-0.25, -0.2) is 14.4 Å². The molecule has 46 heavy (non-hydrogen) atoms. The summed E-state index contributed by atoms with van der Waals surface area (Å²) < 4.78 is 37.3. The largest absolute Gasteiger partial charge is 0.489 e. The minimum absolute atomic E-state index is 0.104. The van der Waals surface area contributed by atoms with E-state index in [-0.39, 0.29) is 12.5 Å². The zero-order chi connectivity index (χ0) is 32.1. The van der Waals surface area contributed by atoms with Crippen LogP contribution in [0.25, 0.3) is 10.9 Å². The number of carbonyl (C=O) groups is 2. The van der Waals surface area contributed by atoms with Crippen LogP contribution in [0.4, 0.5) is 15.8 Å². The molecule has 0 unspecified atom stereocenters. The van der Waals surface area contributed by atoms with E-state index in [1.807, 2.05) is 11.9 Å². The monoisotopic (exact) mass is 631 g/mol. The number of rotatable bonds is 13. The maximum atomic E-state index is 13.2. The van der Waals surface area contributed by atoms with Crippen molar-refractivity contribution in [3.63, 3.8) is 0 Å². The number of anilines is 2. The van der Waals surface area contributed by atoms with Crippen LogP contribution in [0.2, 0.25) is 0 Å². The summed E-state index contributed by atoms with van der Waals surface area (Å²) in [6.45, 7) is 2.61. The first kappa shape index (κ1) is 31.0. The lowest BCUT2D eigenvalue weighted by molar-refractivity contribution is -0.131. The predicted molar refractivity (Wildman–Crippen MR) is 167 cm³/mol. The van der Waals surface area contributed by atoms with Gasteiger partial charge in [0.25, 0.3) is 0 Å². The minimum atomic E-state index is -1.18. The van der Waals surface area contributed by atoms with E-state index in [0.717, 1.165) is 13.0 Å². The van der Waals surface area contributed by atoms with Crippen molar-refractivity contribution in [2.45, 2.75) is 19.3 Å². The molecule has 12 nitrogen and oxygen atoms in total. The van der Waals surface area contributed by atoms with Gasteiger partial charge in [-0.1, -0.05) is 0 Å². The van der Waals surface area contributed by atoms with Crippen molar-refractivity contribution >= 4 is 34.1 Å². The van der Waals surface area contributed by atoms with Gasteiger partial charge in [0.2, 0.25) is 23.4 Å². The number of nitrogens with one attached hydrogen (secondary N) is 2. The summed E-state index contributed by atoms with van der Waals surface area (Å²) in [6.07, 6.45) is 2.97. The molecule has 3 aromatic carbocycles. The van der Waals surface area contributed by atoms with E-state index in [0.29, 0.717) is 84.5 Å². The lowest BCUT2D eigenvalue weighted by Crippen LogP contribution is -2.35. The first-order valence-corrected chi connectivity index (χ1v) is 15.0. The lowest BCUT2D eigenvalue weighted by atomic mass is 10.0. The van der Waals surface area contributed by atoms with Crippen LogP contribution >= 0.6 is 0 Å². The number of benzene rings is 3. The second kappa shape index (κ2) is 13.5. The van der Waals surface area contributed by atoms with E-state index >= 15 is 0 Å². The average Bonchev–Trinajstić information content (AvgIpc) is 3.88. The summed E-state index contributed by atoms with van der Waals surface area (Å²) in [5.74, 6) is 0.853. The normalized spacial score (nSPS) is 14.5. The van der Waals surface area contributed by atoms with Crippen molar-refractivity contribution in [3.05, 3.63) is 66.7 Å². The highest BCUT2D eigenvalue weighted by atomic mass is 19.1. The average molecular weight is 632 g/mol. The van der Waals surface area contributed by atoms with E-state index in [4.69, 9.17) is 24.1 Å². The maximum Gasteiger partial charge on any atom is 0.240 e. The van der Waals surface area contributed by atoms with Gasteiger partial charge in [0.15, 0.2) is 11.5 Å². The topological polar surface area (TPSA) is 144 Å². The lowest BCUT2D eigenvalue weighted by Gasteiger charge is -2.23. The number of nitrogens with zero attached hydrogens (tertiary/aromatic N) is 3. The molecule has 3 N–H and O–H groups in total. The first-order chi connectivity index (χ1) is 22.4. The molecular formula is C33H34FN5O7. The zero-order valence-electron chi connectivity index (χ0n) is 25.3. The van der Waals surface area contributed by atoms with Gasteiger partial charge in [-0.2, -0.15) is 0 Å². The molecule has 0 radical (unpaired) electrons. The highest BCUT2D eigenvalue weighted by molar-refractivity contribution is 6.16. The molecule has 2 aliphatic rings. The van der Waals surface area contributed by atoms with Crippen molar-refractivity contribution in [3.8, 4) is 28.9 Å². The van der Waals surface area contributed by atoms with Gasteiger partial charge in [0.05, 0.1) is 18.7 Å². The fourth-order valence-electron chi connectivity index (χ4n) is 5.10. The molecule has 4 aromatic rings. The molecule has 1 fully saturated rings. The Morgan fingerprint density at radius 1 is 0.957 bits per heavy atom. The molecule has 6 rings (SSSR count). The van der Waals surface area contributed by atoms with Gasteiger partial charge >= 0.3 is 0 Å². The molecule has 0 saturated heterocycles. The quantitative estimate of drug-likeness (QED) is 0.144. The van der Waals surface area contributed by atoms with E-state index < -0.39 is 23.0 Å². The Labute approximate surface area is 264 Å². The van der Waals surface area contributed by atoms with E-state index in [9.17, 15) is 14.0 Å². The van der Waals surface area contributed by atoms with Gasteiger partial charge in [-0.3, -0.25) is 9.59 Å². The SMILES string of the molecule is CN(CCO)CCCOc1cc2ncnc(Oc3ccc(NC(=O)C4(C(=O)Nc5ccc(F)cc5)CC4)cc3)c2c2c1OCCO2. The number of ether oxygens (including phenoxy) is 4. The van der Waals surface area contributed by atoms with Crippen LogP contribution in [0.5, 0.6) is 28.9 Å². The number of likely N-dealkylation sites (N-methyl/N-ethyl adjacent to an activating group) is 1. The Morgan fingerprint density at radius 3 is 2.26 bits per heavy atom. The third-order valence-electron chi connectivity index (χ3n) is 7.81. The van der Waals surface area contributed by atoms with Crippen molar-refractivity contribution < 1.29 is 38.0 Å². The third-order valence-corrected chi connectivity index (χ3v) is 7.81. The number of fused-ring (bicyclic) bond motifs is 3. The first-order valence-electron chi connectivity index (χ1n) is 15.0. The molecule has 2 amide bonds. The zero-order valence-corrected chi connectivity index (χ0v) is 25.3. The second-order valence-electron chi connectivity index (χ2n) is 11.2. The molecular weight excluding hydrogens is 597 g/mol. The molecule has 1 aliphatic heterocycles. The van der Waals surface area contributed by atoms with Crippen LogP contribution in [-0.4, -0.2) is 78.4 Å². The Kier molecular flexibility index (Phi) is 9.13. The summed E-state index contributed by atoms with van der Waals surface area (Å²) in [4.78, 5) is 36.7. The molecule has 0 bridgehead atoms. The fraction of sp³-hybridized carbons (Fsp3) is 0.333. The number of aliphatic hydroxyl groups excluding tert-OH is 1. The van der Waals surface area contributed by atoms with E-state index in [1.54, 1.807) is 30.3 Å². The molecule has 2 heterocycles. The fourth-order valence-corrected chi connectivity index (χ4v) is 5.10. The molecule has 1 aromatic heterocycles. The summed E-state index contributed by atoms with van der Waals surface area (Å²) in [7, 11) is 1.94. The Bertz CT molecular complexity index is 1710. The van der Waals surface area contributed by atoms with Crippen molar-refractivity contribution in [2.24, 2.45) is 5.41 Å². The summed E-state index contributed by atoms with van der Waals surface area (Å²) >= 11 is 0. The van der Waals surface area contributed by atoms with Crippen LogP contribution in [0, 0.1) is 11.2 Å². The highest BCUT2D eigenvalue weighted by Crippen LogP contribution is 2.49. The summed E-state index contributed by atoms with van der Waals surface area (Å²) in [6, 6.07) is 13.9. The van der Waals surface area contributed by atoms with Crippen LogP contribution in [0.1, 0.15) is 19.3 Å². The van der Waals surface area contributed by atoms with Gasteiger partial charge in [-0.15, -0.1) is 0 Å². The molecule has 1 aliphatic carbocycles. The van der Waals surface area contributed by atoms with Crippen LogP contribution in [0.3, 0.4) is 0 Å². The number of hydrogen-bond donors (Lipinski definition) is 3. The maximum absolute atomic E-state index is 13.2. The number of aromatic nitrogens is 2. The van der Waals surface area contributed by atoms with Crippen LogP contribution in [0.15, 0.2) is 60.9 Å². The minimum Gasteiger partial charge on any atom is -0.489 e. The van der Waals surface area contributed by atoms with Gasteiger partial charge < -0.3 is 39.6 Å². The number of hydrogen-bond acceptors (Lipinski definition) is 10. The predicted octanol–water partition coefficient (Wildman–Crippen LogP) is 4.38. The van der Waals surface area contributed by atoms with Crippen molar-refractivity contribution in [2.75, 3.05) is 57.2 Å². The highest BCUT2D eigenvalue weighted by Gasteiger charge is 2.56. The standard InChI is InChI=1S/C33H34FN5O7/c1-39(14-15-40)13-2-16-43-26-19-25-27(29-28(26)44-17-18-45-29)30(36-20-35-25)46-24-9-7-23(8-10-24)38-32(42)33(11-12-33)31(41)37-22-5-3-21(34)4-6-22/h3-10,19-20,40H,2,11-18H2,1H3,(H,37,41)(H,38,42). The molecule has 1 saturated carbocycles. The number of aliphatic hydroxyl groups is 1. The second-order valence-corrected chi connectivity index (χ2v) is 11.2. The Balaban J connectivity index is 1.13. The van der Waals surface area contributed by atoms with Crippen LogP contribution in [-0.2, 0) is 9.59 Å². The van der Waals surface area contributed by atoms with Gasteiger partial charge in [0, 0.05) is 30.5 Å². The van der Waals surface area contributed by atoms with Gasteiger partial charge in [-0.05, 0) is 74.8 Å². The third kappa shape index (κ3) is 6.80. The molecule has 240 valence electrons. The molecule has 13 heteroatoms. The smallest absolute Gasteiger partial charge is 0.240 e. The number of carbonyl (C=O) groups excluding carboxylic acids is 2. The van der Waals surface area contributed by atoms with E-state index in [2.05, 4.69) is 20.6 Å². The van der Waals surface area contributed by atoms with Crippen molar-refractivity contribution in [1.82, 2.24) is 14.9 Å². The van der Waals surface area contributed by atoms with E-state index in [1.165, 1.54) is 30.6 Å². The molecule has 0 atom stereocenters. The Hall–Kier alpha value is -5.01. The summed E-state index contributed by atoms with van der Waals surface area (Å²) in [5, 5.41) is 15.1.